The molecule has 0 saturated carbocycles. The van der Waals surface area contributed by atoms with Gasteiger partial charge < -0.3 is 10.5 Å². The van der Waals surface area contributed by atoms with Crippen LogP contribution in [0.5, 0.6) is 5.75 Å². The Morgan fingerprint density at radius 3 is 2.79 bits per heavy atom. The fourth-order valence-electron chi connectivity index (χ4n) is 1.79. The predicted molar refractivity (Wildman–Crippen MR) is 78.3 cm³/mol. The molecular formula is C15H21ClN2O. The normalized spacial score (nSPS) is 11.1. The molecule has 1 aromatic rings. The van der Waals surface area contributed by atoms with Crippen LogP contribution in [0.4, 0.5) is 0 Å². The van der Waals surface area contributed by atoms with E-state index in [1.54, 1.807) is 0 Å². The Bertz CT molecular complexity index is 452. The van der Waals surface area contributed by atoms with Crippen LogP contribution in [0.3, 0.4) is 0 Å². The topological polar surface area (TPSA) is 59.0 Å². The minimum atomic E-state index is -0.288. The maximum Gasteiger partial charge on any atom is 0.122 e. The second-order valence-electron chi connectivity index (χ2n) is 5.24. The highest BCUT2D eigenvalue weighted by Crippen LogP contribution is 2.25. The van der Waals surface area contributed by atoms with Crippen molar-refractivity contribution in [2.45, 2.75) is 33.1 Å². The van der Waals surface area contributed by atoms with Gasteiger partial charge in [0.2, 0.25) is 0 Å². The summed E-state index contributed by atoms with van der Waals surface area (Å²) in [6.45, 7) is 5.05. The van der Waals surface area contributed by atoms with E-state index in [0.717, 1.165) is 30.6 Å². The first-order chi connectivity index (χ1) is 8.98. The van der Waals surface area contributed by atoms with Gasteiger partial charge in [-0.3, -0.25) is 0 Å². The zero-order valence-corrected chi connectivity index (χ0v) is 12.3. The van der Waals surface area contributed by atoms with Crippen LogP contribution in [0.25, 0.3) is 0 Å². The molecule has 0 aliphatic rings. The third-order valence-electron chi connectivity index (χ3n) is 2.94. The van der Waals surface area contributed by atoms with E-state index >= 15 is 0 Å². The van der Waals surface area contributed by atoms with Crippen molar-refractivity contribution in [3.8, 4) is 11.8 Å². The molecule has 0 heterocycles. The standard InChI is InChI=1S/C15H21ClN2O/c1-15(2,11-18)7-3-9-19-14-5-4-13(16)10-12(14)6-8-17/h4-5,10H,3,6-9,17H2,1-2H3. The molecule has 0 spiro atoms. The Morgan fingerprint density at radius 2 is 2.16 bits per heavy atom. The van der Waals surface area contributed by atoms with E-state index in [-0.39, 0.29) is 5.41 Å². The average Bonchev–Trinajstić information content (AvgIpc) is 2.37. The summed E-state index contributed by atoms with van der Waals surface area (Å²) in [5.74, 6) is 0.838. The lowest BCUT2D eigenvalue weighted by molar-refractivity contribution is 0.282. The zero-order chi connectivity index (χ0) is 14.3. The van der Waals surface area contributed by atoms with E-state index in [1.807, 2.05) is 32.0 Å². The summed E-state index contributed by atoms with van der Waals surface area (Å²) in [5, 5.41) is 9.63. The highest BCUT2D eigenvalue weighted by molar-refractivity contribution is 6.30. The first-order valence-corrected chi connectivity index (χ1v) is 6.89. The van der Waals surface area contributed by atoms with E-state index in [2.05, 4.69) is 6.07 Å². The lowest BCUT2D eigenvalue weighted by Crippen LogP contribution is -2.11. The summed E-state index contributed by atoms with van der Waals surface area (Å²) >= 11 is 5.96. The van der Waals surface area contributed by atoms with Gasteiger partial charge in [-0.2, -0.15) is 5.26 Å². The van der Waals surface area contributed by atoms with Gasteiger partial charge in [0.1, 0.15) is 5.75 Å². The summed E-state index contributed by atoms with van der Waals surface area (Å²) in [6.07, 6.45) is 2.42. The van der Waals surface area contributed by atoms with Crippen molar-refractivity contribution in [2.75, 3.05) is 13.2 Å². The van der Waals surface area contributed by atoms with Crippen molar-refractivity contribution in [3.63, 3.8) is 0 Å². The number of nitriles is 1. The van der Waals surface area contributed by atoms with Gasteiger partial charge in [0.15, 0.2) is 0 Å². The summed E-state index contributed by atoms with van der Waals surface area (Å²) in [7, 11) is 0. The number of nitrogens with zero attached hydrogens (tertiary/aromatic N) is 1. The molecule has 19 heavy (non-hydrogen) atoms. The number of rotatable bonds is 7. The monoisotopic (exact) mass is 280 g/mol. The second-order valence-corrected chi connectivity index (χ2v) is 5.67. The highest BCUT2D eigenvalue weighted by Gasteiger charge is 2.15. The predicted octanol–water partition coefficient (Wildman–Crippen LogP) is 3.55. The minimum absolute atomic E-state index is 0.288. The maximum absolute atomic E-state index is 8.94. The number of hydrogen-bond donors (Lipinski definition) is 1. The molecule has 104 valence electrons. The molecule has 0 aliphatic heterocycles. The van der Waals surface area contributed by atoms with Crippen LogP contribution in [-0.2, 0) is 6.42 Å². The molecule has 2 N–H and O–H groups in total. The molecule has 0 radical (unpaired) electrons. The van der Waals surface area contributed by atoms with Gasteiger partial charge in [0, 0.05) is 5.02 Å². The number of nitrogens with two attached hydrogens (primary N) is 1. The summed E-state index contributed by atoms with van der Waals surface area (Å²) < 4.78 is 5.76. The van der Waals surface area contributed by atoms with Gasteiger partial charge in [-0.25, -0.2) is 0 Å². The van der Waals surface area contributed by atoms with Crippen molar-refractivity contribution in [2.24, 2.45) is 11.1 Å². The first kappa shape index (κ1) is 15.8. The fraction of sp³-hybridized carbons (Fsp3) is 0.533. The molecule has 0 unspecified atom stereocenters. The number of halogens is 1. The smallest absolute Gasteiger partial charge is 0.122 e. The van der Waals surface area contributed by atoms with E-state index in [4.69, 9.17) is 27.3 Å². The van der Waals surface area contributed by atoms with Crippen LogP contribution in [0.1, 0.15) is 32.3 Å². The van der Waals surface area contributed by atoms with Crippen LogP contribution < -0.4 is 10.5 Å². The molecule has 3 nitrogen and oxygen atoms in total. The van der Waals surface area contributed by atoms with Crippen LogP contribution >= 0.6 is 11.6 Å². The lowest BCUT2D eigenvalue weighted by atomic mass is 9.90. The van der Waals surface area contributed by atoms with Crippen molar-refractivity contribution in [1.29, 1.82) is 5.26 Å². The minimum Gasteiger partial charge on any atom is -0.493 e. The number of ether oxygens (including phenoxy) is 1. The zero-order valence-electron chi connectivity index (χ0n) is 11.6. The van der Waals surface area contributed by atoms with Crippen LogP contribution in [0.15, 0.2) is 18.2 Å². The molecule has 0 saturated heterocycles. The highest BCUT2D eigenvalue weighted by atomic mass is 35.5. The average molecular weight is 281 g/mol. The largest absolute Gasteiger partial charge is 0.493 e. The first-order valence-electron chi connectivity index (χ1n) is 6.51. The Balaban J connectivity index is 2.51. The van der Waals surface area contributed by atoms with Gasteiger partial charge in [-0.05, 0) is 63.4 Å². The van der Waals surface area contributed by atoms with Gasteiger partial charge in [0.25, 0.3) is 0 Å². The van der Waals surface area contributed by atoms with E-state index < -0.39 is 0 Å². The fourth-order valence-corrected chi connectivity index (χ4v) is 1.99. The molecule has 0 aromatic heterocycles. The Hall–Kier alpha value is -1.24. The van der Waals surface area contributed by atoms with Gasteiger partial charge in [-0.1, -0.05) is 11.6 Å². The second kappa shape index (κ2) is 7.37. The molecule has 1 rings (SSSR count). The van der Waals surface area contributed by atoms with Gasteiger partial charge in [-0.15, -0.1) is 0 Å². The van der Waals surface area contributed by atoms with Gasteiger partial charge in [0.05, 0.1) is 18.1 Å². The third-order valence-corrected chi connectivity index (χ3v) is 3.18. The summed E-state index contributed by atoms with van der Waals surface area (Å²) in [5.41, 5.74) is 6.32. The van der Waals surface area contributed by atoms with Crippen LogP contribution in [0.2, 0.25) is 5.02 Å². The quantitative estimate of drug-likeness (QED) is 0.777. The SMILES string of the molecule is CC(C)(C#N)CCCOc1ccc(Cl)cc1CCN. The molecular weight excluding hydrogens is 260 g/mol. The Kier molecular flexibility index (Phi) is 6.14. The summed E-state index contributed by atoms with van der Waals surface area (Å²) in [4.78, 5) is 0. The molecule has 0 amide bonds. The molecule has 0 aliphatic carbocycles. The van der Waals surface area contributed by atoms with E-state index in [0.29, 0.717) is 18.2 Å². The van der Waals surface area contributed by atoms with Gasteiger partial charge >= 0.3 is 0 Å². The Morgan fingerprint density at radius 1 is 1.42 bits per heavy atom. The van der Waals surface area contributed by atoms with Crippen molar-refractivity contribution in [1.82, 2.24) is 0 Å². The third kappa shape index (κ3) is 5.50. The molecule has 0 bridgehead atoms. The number of hydrogen-bond acceptors (Lipinski definition) is 3. The van der Waals surface area contributed by atoms with Crippen molar-refractivity contribution < 1.29 is 4.74 Å². The molecule has 4 heteroatoms. The van der Waals surface area contributed by atoms with Crippen molar-refractivity contribution in [3.05, 3.63) is 28.8 Å². The van der Waals surface area contributed by atoms with E-state index in [1.165, 1.54) is 0 Å². The van der Waals surface area contributed by atoms with Crippen LogP contribution in [-0.4, -0.2) is 13.2 Å². The van der Waals surface area contributed by atoms with Crippen molar-refractivity contribution >= 4 is 11.6 Å². The summed E-state index contributed by atoms with van der Waals surface area (Å²) in [6, 6.07) is 7.87. The molecule has 0 fully saturated rings. The van der Waals surface area contributed by atoms with E-state index in [9.17, 15) is 0 Å². The molecule has 0 atom stereocenters. The van der Waals surface area contributed by atoms with Crippen LogP contribution in [0, 0.1) is 16.7 Å². The number of benzene rings is 1. The lowest BCUT2D eigenvalue weighted by Gasteiger charge is -2.16. The molecule has 1 aromatic carbocycles. The maximum atomic E-state index is 8.94. The Labute approximate surface area is 120 Å².